The predicted molar refractivity (Wildman–Crippen MR) is 113 cm³/mol. The van der Waals surface area contributed by atoms with Crippen molar-refractivity contribution in [1.82, 2.24) is 19.9 Å². The van der Waals surface area contributed by atoms with Crippen LogP contribution in [0, 0.1) is 0 Å². The van der Waals surface area contributed by atoms with Crippen molar-refractivity contribution in [2.75, 3.05) is 39.6 Å². The molecule has 28 heavy (non-hydrogen) atoms. The minimum absolute atomic E-state index is 0.572. The Morgan fingerprint density at radius 1 is 1.04 bits per heavy atom. The van der Waals surface area contributed by atoms with Crippen LogP contribution in [0.5, 0.6) is 5.88 Å². The number of methoxy groups -OCH3 is 1. The molecule has 0 bridgehead atoms. The molecule has 1 aromatic carbocycles. The van der Waals surface area contributed by atoms with Gasteiger partial charge in [0.05, 0.1) is 7.11 Å². The zero-order valence-corrected chi connectivity index (χ0v) is 17.1. The van der Waals surface area contributed by atoms with Crippen molar-refractivity contribution in [2.24, 2.45) is 0 Å². The van der Waals surface area contributed by atoms with Crippen LogP contribution in [0.3, 0.4) is 0 Å². The number of likely N-dealkylation sites (N-methyl/N-ethyl adjacent to an activating group) is 1. The zero-order chi connectivity index (χ0) is 19.9. The maximum atomic E-state index is 6.14. The van der Waals surface area contributed by atoms with Crippen LogP contribution in [0.15, 0.2) is 48.9 Å². The molecule has 2 aromatic heterocycles. The summed E-state index contributed by atoms with van der Waals surface area (Å²) in [6.45, 7) is 1.73. The molecule has 3 aromatic rings. The van der Waals surface area contributed by atoms with Crippen molar-refractivity contribution in [3.8, 4) is 17.0 Å². The Labute approximate surface area is 170 Å². The lowest BCUT2D eigenvalue weighted by Gasteiger charge is -2.11. The highest BCUT2D eigenvalue weighted by Crippen LogP contribution is 2.31. The van der Waals surface area contributed by atoms with Gasteiger partial charge in [-0.25, -0.2) is 15.0 Å². The zero-order valence-electron chi connectivity index (χ0n) is 16.3. The van der Waals surface area contributed by atoms with Crippen LogP contribution in [-0.2, 0) is 6.42 Å². The normalized spacial score (nSPS) is 10.9. The van der Waals surface area contributed by atoms with Gasteiger partial charge in [-0.05, 0) is 49.0 Å². The summed E-state index contributed by atoms with van der Waals surface area (Å²) in [6, 6.07) is 9.73. The summed E-state index contributed by atoms with van der Waals surface area (Å²) in [4.78, 5) is 15.3. The minimum Gasteiger partial charge on any atom is -0.481 e. The number of hydrogen-bond acceptors (Lipinski definition) is 6. The first-order chi connectivity index (χ1) is 13.5. The molecule has 0 fully saturated rings. The molecule has 6 nitrogen and oxygen atoms in total. The molecule has 0 saturated heterocycles. The van der Waals surface area contributed by atoms with Gasteiger partial charge in [0.25, 0.3) is 0 Å². The standard InChI is InChI=1S/C21H24ClN5O/c1-27(2)8-7-23-21-25-13-16(14-26-21)9-15-10-19(20(28-3)24-12-15)17-5-4-6-18(22)11-17/h4-6,10-14H,7-9H2,1-3H3,(H,23,25,26). The number of nitrogens with zero attached hydrogens (tertiary/aromatic N) is 4. The highest BCUT2D eigenvalue weighted by atomic mass is 35.5. The van der Waals surface area contributed by atoms with E-state index in [1.54, 1.807) is 7.11 Å². The molecule has 0 atom stereocenters. The number of anilines is 1. The summed E-state index contributed by atoms with van der Waals surface area (Å²) in [5.41, 5.74) is 3.94. The molecule has 0 unspecified atom stereocenters. The van der Waals surface area contributed by atoms with E-state index in [0.717, 1.165) is 35.3 Å². The van der Waals surface area contributed by atoms with Gasteiger partial charge in [-0.3, -0.25) is 0 Å². The fraction of sp³-hybridized carbons (Fsp3) is 0.286. The summed E-state index contributed by atoms with van der Waals surface area (Å²) in [6.07, 6.45) is 6.18. The lowest BCUT2D eigenvalue weighted by molar-refractivity contribution is 0.399. The van der Waals surface area contributed by atoms with Crippen molar-refractivity contribution in [1.29, 1.82) is 0 Å². The molecular formula is C21H24ClN5O. The molecular weight excluding hydrogens is 374 g/mol. The SMILES string of the molecule is COc1ncc(Cc2cnc(NCCN(C)C)nc2)cc1-c1cccc(Cl)c1. The second kappa shape index (κ2) is 9.48. The van der Waals surface area contributed by atoms with Gasteiger partial charge >= 0.3 is 0 Å². The van der Waals surface area contributed by atoms with Gasteiger partial charge in [0, 0.05) is 48.7 Å². The van der Waals surface area contributed by atoms with Gasteiger partial charge in [0.15, 0.2) is 0 Å². The first kappa shape index (κ1) is 20.0. The largest absolute Gasteiger partial charge is 0.481 e. The van der Waals surface area contributed by atoms with Crippen molar-refractivity contribution in [3.63, 3.8) is 0 Å². The molecule has 146 valence electrons. The number of hydrogen-bond donors (Lipinski definition) is 1. The number of pyridine rings is 1. The summed E-state index contributed by atoms with van der Waals surface area (Å²) >= 11 is 6.14. The average molecular weight is 398 g/mol. The van der Waals surface area contributed by atoms with E-state index in [2.05, 4.69) is 31.2 Å². The van der Waals surface area contributed by atoms with Crippen LogP contribution in [0.2, 0.25) is 5.02 Å². The maximum Gasteiger partial charge on any atom is 0.222 e. The van der Waals surface area contributed by atoms with E-state index >= 15 is 0 Å². The first-order valence-corrected chi connectivity index (χ1v) is 9.41. The Hall–Kier alpha value is -2.70. The third-order valence-corrected chi connectivity index (χ3v) is 4.43. The van der Waals surface area contributed by atoms with E-state index in [0.29, 0.717) is 23.3 Å². The Kier molecular flexibility index (Phi) is 6.79. The molecule has 0 spiro atoms. The van der Waals surface area contributed by atoms with Crippen LogP contribution >= 0.6 is 11.6 Å². The summed E-state index contributed by atoms with van der Waals surface area (Å²) < 4.78 is 5.42. The van der Waals surface area contributed by atoms with Crippen LogP contribution < -0.4 is 10.1 Å². The molecule has 0 radical (unpaired) electrons. The molecule has 0 saturated carbocycles. The van der Waals surface area contributed by atoms with E-state index in [4.69, 9.17) is 16.3 Å². The third-order valence-electron chi connectivity index (χ3n) is 4.19. The van der Waals surface area contributed by atoms with E-state index in [9.17, 15) is 0 Å². The topological polar surface area (TPSA) is 63.2 Å². The van der Waals surface area contributed by atoms with Crippen molar-refractivity contribution in [2.45, 2.75) is 6.42 Å². The lowest BCUT2D eigenvalue weighted by atomic mass is 10.0. The summed E-state index contributed by atoms with van der Waals surface area (Å²) in [5, 5.41) is 3.89. The number of nitrogens with one attached hydrogen (secondary N) is 1. The fourth-order valence-corrected chi connectivity index (χ4v) is 2.97. The van der Waals surface area contributed by atoms with Crippen LogP contribution in [0.25, 0.3) is 11.1 Å². The molecule has 1 N–H and O–H groups in total. The smallest absolute Gasteiger partial charge is 0.222 e. The number of halogens is 1. The molecule has 2 heterocycles. The van der Waals surface area contributed by atoms with E-state index in [1.165, 1.54) is 0 Å². The third kappa shape index (κ3) is 5.41. The van der Waals surface area contributed by atoms with Gasteiger partial charge in [-0.15, -0.1) is 0 Å². The molecule has 0 amide bonds. The Morgan fingerprint density at radius 2 is 1.79 bits per heavy atom. The van der Waals surface area contributed by atoms with Crippen LogP contribution in [-0.4, -0.2) is 54.1 Å². The lowest BCUT2D eigenvalue weighted by Crippen LogP contribution is -2.21. The summed E-state index contributed by atoms with van der Waals surface area (Å²) in [5.74, 6) is 1.21. The van der Waals surface area contributed by atoms with Crippen molar-refractivity contribution in [3.05, 3.63) is 65.1 Å². The van der Waals surface area contributed by atoms with Gasteiger partial charge in [-0.1, -0.05) is 23.7 Å². The van der Waals surface area contributed by atoms with Crippen molar-refractivity contribution < 1.29 is 4.74 Å². The quantitative estimate of drug-likeness (QED) is 0.624. The number of rotatable bonds is 8. The van der Waals surface area contributed by atoms with E-state index < -0.39 is 0 Å². The highest BCUT2D eigenvalue weighted by molar-refractivity contribution is 6.30. The Bertz CT molecular complexity index is 915. The average Bonchev–Trinajstić information content (AvgIpc) is 2.69. The van der Waals surface area contributed by atoms with E-state index in [1.807, 2.05) is 57.0 Å². The van der Waals surface area contributed by atoms with Crippen LogP contribution in [0.4, 0.5) is 5.95 Å². The van der Waals surface area contributed by atoms with Gasteiger partial charge in [0.2, 0.25) is 11.8 Å². The van der Waals surface area contributed by atoms with Gasteiger partial charge in [0.1, 0.15) is 0 Å². The van der Waals surface area contributed by atoms with Crippen molar-refractivity contribution >= 4 is 17.5 Å². The van der Waals surface area contributed by atoms with Gasteiger partial charge in [-0.2, -0.15) is 0 Å². The second-order valence-corrected chi connectivity index (χ2v) is 7.17. The summed E-state index contributed by atoms with van der Waals surface area (Å²) in [7, 11) is 5.68. The molecule has 0 aliphatic heterocycles. The molecule has 0 aliphatic rings. The number of aromatic nitrogens is 3. The molecule has 0 aliphatic carbocycles. The fourth-order valence-electron chi connectivity index (χ4n) is 2.78. The van der Waals surface area contributed by atoms with Crippen LogP contribution in [0.1, 0.15) is 11.1 Å². The Morgan fingerprint density at radius 3 is 2.46 bits per heavy atom. The Balaban J connectivity index is 1.75. The minimum atomic E-state index is 0.572. The highest BCUT2D eigenvalue weighted by Gasteiger charge is 2.10. The number of benzene rings is 1. The predicted octanol–water partition coefficient (Wildman–Crippen LogP) is 3.76. The molecule has 3 rings (SSSR count). The number of ether oxygens (including phenoxy) is 1. The van der Waals surface area contributed by atoms with E-state index in [-0.39, 0.29) is 0 Å². The molecule has 7 heteroatoms. The maximum absolute atomic E-state index is 6.14. The monoisotopic (exact) mass is 397 g/mol. The first-order valence-electron chi connectivity index (χ1n) is 9.03. The second-order valence-electron chi connectivity index (χ2n) is 6.73. The van der Waals surface area contributed by atoms with Gasteiger partial charge < -0.3 is 15.0 Å².